The largest absolute Gasteiger partial charge is 0.454 e. The molecule has 0 saturated carbocycles. The highest BCUT2D eigenvalue weighted by Gasteiger charge is 2.14. The number of carbonyl (C=O) groups is 2. The van der Waals surface area contributed by atoms with Gasteiger partial charge in [-0.25, -0.2) is 9.18 Å². The van der Waals surface area contributed by atoms with Gasteiger partial charge in [0.25, 0.3) is 0 Å². The minimum Gasteiger partial charge on any atom is -0.454 e. The van der Waals surface area contributed by atoms with Gasteiger partial charge in [-0.05, 0) is 24.3 Å². The van der Waals surface area contributed by atoms with Crippen LogP contribution in [0.15, 0.2) is 54.6 Å². The maximum Gasteiger partial charge on any atom is 0.338 e. The maximum atomic E-state index is 13.3. The van der Waals surface area contributed by atoms with Crippen molar-refractivity contribution in [3.63, 3.8) is 0 Å². The van der Waals surface area contributed by atoms with E-state index in [0.29, 0.717) is 5.56 Å². The van der Waals surface area contributed by atoms with E-state index >= 15 is 0 Å². The zero-order valence-electron chi connectivity index (χ0n) is 10.0. The minimum atomic E-state index is -0.622. The van der Waals surface area contributed by atoms with E-state index in [1.165, 1.54) is 18.2 Å². The summed E-state index contributed by atoms with van der Waals surface area (Å²) < 4.78 is 18.2. The van der Waals surface area contributed by atoms with Gasteiger partial charge in [0.2, 0.25) is 5.78 Å². The first kappa shape index (κ1) is 13.0. The number of halogens is 1. The number of Topliss-reactive ketones (excluding diaryl/α,β-unsaturated/α-hetero) is 1. The second kappa shape index (κ2) is 5.91. The van der Waals surface area contributed by atoms with Crippen LogP contribution in [0.4, 0.5) is 4.39 Å². The highest BCUT2D eigenvalue weighted by Crippen LogP contribution is 2.08. The van der Waals surface area contributed by atoms with Crippen molar-refractivity contribution in [2.45, 2.75) is 0 Å². The van der Waals surface area contributed by atoms with Gasteiger partial charge in [-0.15, -0.1) is 0 Å². The lowest BCUT2D eigenvalue weighted by Gasteiger charge is -2.04. The quantitative estimate of drug-likeness (QED) is 0.625. The summed E-state index contributed by atoms with van der Waals surface area (Å²) in [5.41, 5.74) is 0.271. The van der Waals surface area contributed by atoms with Crippen molar-refractivity contribution in [2.75, 3.05) is 6.61 Å². The predicted octanol–water partition coefficient (Wildman–Crippen LogP) is 2.87. The van der Waals surface area contributed by atoms with Crippen molar-refractivity contribution < 1.29 is 18.7 Å². The molecule has 0 aliphatic heterocycles. The highest BCUT2D eigenvalue weighted by molar-refractivity contribution is 5.99. The third-order valence-electron chi connectivity index (χ3n) is 2.52. The average Bonchev–Trinajstić information content (AvgIpc) is 2.46. The Morgan fingerprint density at radius 3 is 2.26 bits per heavy atom. The average molecular weight is 258 g/mol. The Morgan fingerprint density at radius 1 is 0.947 bits per heavy atom. The maximum absolute atomic E-state index is 13.3. The zero-order valence-corrected chi connectivity index (χ0v) is 10.0. The molecule has 0 aliphatic carbocycles. The van der Waals surface area contributed by atoms with E-state index in [4.69, 9.17) is 4.74 Å². The molecular formula is C15H11FO3. The van der Waals surface area contributed by atoms with Crippen LogP contribution in [0.25, 0.3) is 0 Å². The predicted molar refractivity (Wildman–Crippen MR) is 67.5 cm³/mol. The molecule has 3 nitrogen and oxygen atoms in total. The molecule has 96 valence electrons. The third-order valence-corrected chi connectivity index (χ3v) is 2.52. The zero-order chi connectivity index (χ0) is 13.7. The fourth-order valence-corrected chi connectivity index (χ4v) is 1.55. The third kappa shape index (κ3) is 3.25. The van der Waals surface area contributed by atoms with Gasteiger partial charge in [0.1, 0.15) is 5.82 Å². The Morgan fingerprint density at radius 2 is 1.58 bits per heavy atom. The van der Waals surface area contributed by atoms with Crippen LogP contribution in [0.1, 0.15) is 20.7 Å². The Labute approximate surface area is 109 Å². The normalized spacial score (nSPS) is 9.95. The molecule has 0 heterocycles. The molecule has 2 aromatic rings. The van der Waals surface area contributed by atoms with Crippen LogP contribution in [-0.4, -0.2) is 18.4 Å². The van der Waals surface area contributed by atoms with Crippen molar-refractivity contribution >= 4 is 11.8 Å². The summed E-state index contributed by atoms with van der Waals surface area (Å²) in [5, 5.41) is 0. The van der Waals surface area contributed by atoms with Crippen LogP contribution in [0.2, 0.25) is 0 Å². The molecule has 0 saturated heterocycles. The van der Waals surface area contributed by atoms with Crippen molar-refractivity contribution in [1.82, 2.24) is 0 Å². The molecule has 0 N–H and O–H groups in total. The number of hydrogen-bond acceptors (Lipinski definition) is 3. The fourth-order valence-electron chi connectivity index (χ4n) is 1.55. The van der Waals surface area contributed by atoms with Crippen molar-refractivity contribution in [1.29, 1.82) is 0 Å². The first-order chi connectivity index (χ1) is 9.18. The second-order valence-corrected chi connectivity index (χ2v) is 3.85. The summed E-state index contributed by atoms with van der Waals surface area (Å²) in [4.78, 5) is 23.3. The van der Waals surface area contributed by atoms with Gasteiger partial charge in [-0.1, -0.05) is 30.3 Å². The lowest BCUT2D eigenvalue weighted by molar-refractivity contribution is 0.0473. The number of ketones is 1. The number of rotatable bonds is 4. The van der Waals surface area contributed by atoms with Crippen molar-refractivity contribution in [3.8, 4) is 0 Å². The molecule has 0 unspecified atom stereocenters. The first-order valence-corrected chi connectivity index (χ1v) is 5.68. The van der Waals surface area contributed by atoms with Gasteiger partial charge in [-0.3, -0.25) is 4.79 Å². The lowest BCUT2D eigenvalue weighted by atomic mass is 10.1. The summed E-state index contributed by atoms with van der Waals surface area (Å²) in [7, 11) is 0. The van der Waals surface area contributed by atoms with Gasteiger partial charge >= 0.3 is 5.97 Å². The monoisotopic (exact) mass is 258 g/mol. The van der Waals surface area contributed by atoms with Gasteiger partial charge < -0.3 is 4.74 Å². The molecule has 19 heavy (non-hydrogen) atoms. The van der Waals surface area contributed by atoms with Crippen LogP contribution >= 0.6 is 0 Å². The minimum absolute atomic E-state index is 0.0802. The van der Waals surface area contributed by atoms with E-state index in [9.17, 15) is 14.0 Å². The van der Waals surface area contributed by atoms with Gasteiger partial charge in [0.05, 0.1) is 11.1 Å². The van der Waals surface area contributed by atoms with E-state index in [1.807, 2.05) is 0 Å². The lowest BCUT2D eigenvalue weighted by Crippen LogP contribution is -2.15. The van der Waals surface area contributed by atoms with Crippen LogP contribution < -0.4 is 0 Å². The SMILES string of the molecule is O=C(OCC(=O)c1ccccc1F)c1ccccc1. The summed E-state index contributed by atoms with van der Waals surface area (Å²) in [6.45, 7) is -0.478. The second-order valence-electron chi connectivity index (χ2n) is 3.85. The molecule has 4 heteroatoms. The van der Waals surface area contributed by atoms with Gasteiger partial charge in [0, 0.05) is 0 Å². The number of hydrogen-bond donors (Lipinski definition) is 0. The number of ether oxygens (including phenoxy) is 1. The van der Waals surface area contributed by atoms with E-state index in [-0.39, 0.29) is 5.56 Å². The van der Waals surface area contributed by atoms with Gasteiger partial charge in [-0.2, -0.15) is 0 Å². The molecule has 0 amide bonds. The Kier molecular flexibility index (Phi) is 4.03. The molecule has 0 aliphatic rings. The molecule has 0 atom stereocenters. The van der Waals surface area contributed by atoms with Crippen LogP contribution in [-0.2, 0) is 4.74 Å². The Hall–Kier alpha value is -2.49. The van der Waals surface area contributed by atoms with E-state index in [2.05, 4.69) is 0 Å². The molecule has 0 spiro atoms. The smallest absolute Gasteiger partial charge is 0.338 e. The standard InChI is InChI=1S/C15H11FO3/c16-13-9-5-4-8-12(13)14(17)10-19-15(18)11-6-2-1-3-7-11/h1-9H,10H2. The number of benzene rings is 2. The van der Waals surface area contributed by atoms with Crippen LogP contribution in [0.5, 0.6) is 0 Å². The number of esters is 1. The number of carbonyl (C=O) groups excluding carboxylic acids is 2. The molecular weight excluding hydrogens is 247 g/mol. The van der Waals surface area contributed by atoms with E-state index in [1.54, 1.807) is 36.4 Å². The summed E-state index contributed by atoms with van der Waals surface area (Å²) in [6.07, 6.45) is 0. The summed E-state index contributed by atoms with van der Waals surface area (Å²) in [6, 6.07) is 13.9. The topological polar surface area (TPSA) is 43.4 Å². The molecule has 0 fully saturated rings. The summed E-state index contributed by atoms with van der Waals surface area (Å²) >= 11 is 0. The van der Waals surface area contributed by atoms with Gasteiger partial charge in [0.15, 0.2) is 6.61 Å². The van der Waals surface area contributed by atoms with Crippen molar-refractivity contribution in [2.24, 2.45) is 0 Å². The van der Waals surface area contributed by atoms with E-state index < -0.39 is 24.2 Å². The van der Waals surface area contributed by atoms with E-state index in [0.717, 1.165) is 0 Å². The Bertz CT molecular complexity index is 593. The molecule has 0 radical (unpaired) electrons. The Balaban J connectivity index is 1.98. The molecule has 0 bridgehead atoms. The van der Waals surface area contributed by atoms with Crippen LogP contribution in [0, 0.1) is 5.82 Å². The highest BCUT2D eigenvalue weighted by atomic mass is 19.1. The first-order valence-electron chi connectivity index (χ1n) is 5.68. The summed E-state index contributed by atoms with van der Waals surface area (Å²) in [5.74, 6) is -1.80. The van der Waals surface area contributed by atoms with Crippen LogP contribution in [0.3, 0.4) is 0 Å². The van der Waals surface area contributed by atoms with Crippen molar-refractivity contribution in [3.05, 3.63) is 71.5 Å². The molecule has 0 aromatic heterocycles. The fraction of sp³-hybridized carbons (Fsp3) is 0.0667. The molecule has 2 aromatic carbocycles. The molecule has 2 rings (SSSR count).